The van der Waals surface area contributed by atoms with Gasteiger partial charge in [-0.15, -0.1) is 0 Å². The van der Waals surface area contributed by atoms with Crippen molar-refractivity contribution in [3.8, 4) is 0 Å². The fourth-order valence-electron chi connectivity index (χ4n) is 2.40. The Bertz CT molecular complexity index is 687. The third-order valence-corrected chi connectivity index (χ3v) is 3.69. The van der Waals surface area contributed by atoms with Crippen molar-refractivity contribution < 1.29 is 9.53 Å². The molecule has 0 fully saturated rings. The van der Waals surface area contributed by atoms with Crippen LogP contribution < -0.4 is 5.32 Å². The van der Waals surface area contributed by atoms with E-state index in [0.717, 1.165) is 11.3 Å². The molecule has 3 heterocycles. The van der Waals surface area contributed by atoms with Gasteiger partial charge in [0, 0.05) is 23.5 Å². The standard InChI is InChI=1S/C16H20N4O2/c1-16(2,3)20-7-12(18-10-20)15(21)19-13-9-22-8-11-5-4-6-17-14(11)13/h4-7,10,13H,8-9H2,1-3H3,(H,19,21). The van der Waals surface area contributed by atoms with Crippen LogP contribution in [0.1, 0.15) is 48.6 Å². The molecule has 116 valence electrons. The third-order valence-electron chi connectivity index (χ3n) is 3.69. The minimum Gasteiger partial charge on any atom is -0.374 e. The van der Waals surface area contributed by atoms with Crippen LogP contribution in [0.4, 0.5) is 0 Å². The van der Waals surface area contributed by atoms with Crippen LogP contribution in [0.2, 0.25) is 0 Å². The Hall–Kier alpha value is -2.21. The summed E-state index contributed by atoms with van der Waals surface area (Å²) >= 11 is 0. The molecule has 1 unspecified atom stereocenters. The summed E-state index contributed by atoms with van der Waals surface area (Å²) in [6.07, 6.45) is 5.18. The van der Waals surface area contributed by atoms with Crippen LogP contribution in [0.3, 0.4) is 0 Å². The number of aromatic nitrogens is 3. The lowest BCUT2D eigenvalue weighted by Gasteiger charge is -2.25. The van der Waals surface area contributed by atoms with E-state index >= 15 is 0 Å². The van der Waals surface area contributed by atoms with Gasteiger partial charge in [0.15, 0.2) is 0 Å². The van der Waals surface area contributed by atoms with E-state index in [2.05, 4.69) is 36.1 Å². The number of fused-ring (bicyclic) bond motifs is 1. The first-order valence-electron chi connectivity index (χ1n) is 7.32. The van der Waals surface area contributed by atoms with Crippen LogP contribution in [-0.2, 0) is 16.9 Å². The van der Waals surface area contributed by atoms with E-state index in [1.165, 1.54) is 0 Å². The van der Waals surface area contributed by atoms with Crippen molar-refractivity contribution >= 4 is 5.91 Å². The molecule has 1 aliphatic heterocycles. The normalized spacial score (nSPS) is 17.9. The second-order valence-corrected chi connectivity index (χ2v) is 6.43. The molecule has 6 nitrogen and oxygen atoms in total. The first-order valence-corrected chi connectivity index (χ1v) is 7.32. The Morgan fingerprint density at radius 1 is 1.41 bits per heavy atom. The van der Waals surface area contributed by atoms with E-state index in [9.17, 15) is 4.79 Å². The maximum Gasteiger partial charge on any atom is 0.272 e. The Morgan fingerprint density at radius 2 is 2.23 bits per heavy atom. The fourth-order valence-corrected chi connectivity index (χ4v) is 2.40. The van der Waals surface area contributed by atoms with Crippen LogP contribution in [0.25, 0.3) is 0 Å². The van der Waals surface area contributed by atoms with Gasteiger partial charge in [0.1, 0.15) is 5.69 Å². The second kappa shape index (κ2) is 5.53. The van der Waals surface area contributed by atoms with Crippen molar-refractivity contribution in [2.75, 3.05) is 6.61 Å². The van der Waals surface area contributed by atoms with Crippen LogP contribution in [0.15, 0.2) is 30.9 Å². The number of amides is 1. The van der Waals surface area contributed by atoms with Crippen LogP contribution in [0, 0.1) is 0 Å². The van der Waals surface area contributed by atoms with Crippen molar-refractivity contribution in [3.63, 3.8) is 0 Å². The third kappa shape index (κ3) is 2.87. The van der Waals surface area contributed by atoms with Gasteiger partial charge >= 0.3 is 0 Å². The Morgan fingerprint density at radius 3 is 2.95 bits per heavy atom. The van der Waals surface area contributed by atoms with E-state index in [1.807, 2.05) is 16.7 Å². The minimum absolute atomic E-state index is 0.104. The van der Waals surface area contributed by atoms with Gasteiger partial charge in [0.05, 0.1) is 31.3 Å². The second-order valence-electron chi connectivity index (χ2n) is 6.43. The van der Waals surface area contributed by atoms with E-state index < -0.39 is 0 Å². The molecule has 22 heavy (non-hydrogen) atoms. The molecule has 0 saturated carbocycles. The number of hydrogen-bond acceptors (Lipinski definition) is 4. The van der Waals surface area contributed by atoms with Crippen molar-refractivity contribution in [3.05, 3.63) is 47.8 Å². The predicted molar refractivity (Wildman–Crippen MR) is 81.3 cm³/mol. The lowest BCUT2D eigenvalue weighted by Crippen LogP contribution is -2.35. The molecule has 0 bridgehead atoms. The van der Waals surface area contributed by atoms with Gasteiger partial charge in [-0.25, -0.2) is 4.98 Å². The summed E-state index contributed by atoms with van der Waals surface area (Å²) in [5.74, 6) is -0.213. The molecular formula is C16H20N4O2. The van der Waals surface area contributed by atoms with Crippen molar-refractivity contribution in [2.24, 2.45) is 0 Å². The summed E-state index contributed by atoms with van der Waals surface area (Å²) in [4.78, 5) is 21.0. The van der Waals surface area contributed by atoms with Crippen molar-refractivity contribution in [1.82, 2.24) is 19.9 Å². The molecule has 1 N–H and O–H groups in total. The molecule has 6 heteroatoms. The van der Waals surface area contributed by atoms with Gasteiger partial charge in [-0.2, -0.15) is 0 Å². The average Bonchev–Trinajstić information content (AvgIpc) is 2.98. The number of nitrogens with one attached hydrogen (secondary N) is 1. The fraction of sp³-hybridized carbons (Fsp3) is 0.438. The van der Waals surface area contributed by atoms with Gasteiger partial charge in [0.25, 0.3) is 5.91 Å². The summed E-state index contributed by atoms with van der Waals surface area (Å²) in [7, 11) is 0. The number of rotatable bonds is 2. The molecular weight excluding hydrogens is 280 g/mol. The molecule has 0 aromatic carbocycles. The Balaban J connectivity index is 1.77. The summed E-state index contributed by atoms with van der Waals surface area (Å²) in [6, 6.07) is 3.60. The highest BCUT2D eigenvalue weighted by molar-refractivity contribution is 5.92. The summed E-state index contributed by atoms with van der Waals surface area (Å²) in [5, 5.41) is 2.95. The van der Waals surface area contributed by atoms with E-state index in [1.54, 1.807) is 18.7 Å². The van der Waals surface area contributed by atoms with Gasteiger partial charge < -0.3 is 14.6 Å². The number of nitrogens with zero attached hydrogens (tertiary/aromatic N) is 3. The molecule has 0 aliphatic carbocycles. The largest absolute Gasteiger partial charge is 0.374 e. The quantitative estimate of drug-likeness (QED) is 0.921. The first kappa shape index (κ1) is 14.7. The number of pyridine rings is 1. The average molecular weight is 300 g/mol. The van der Waals surface area contributed by atoms with Crippen LogP contribution in [0.5, 0.6) is 0 Å². The summed E-state index contributed by atoms with van der Waals surface area (Å²) in [6.45, 7) is 7.15. The Labute approximate surface area is 129 Å². The molecule has 0 saturated heterocycles. The molecule has 1 aliphatic rings. The minimum atomic E-state index is -0.239. The number of hydrogen-bond donors (Lipinski definition) is 1. The van der Waals surface area contributed by atoms with Crippen LogP contribution in [-0.4, -0.2) is 27.0 Å². The monoisotopic (exact) mass is 300 g/mol. The van der Waals surface area contributed by atoms with Crippen molar-refractivity contribution in [1.29, 1.82) is 0 Å². The van der Waals surface area contributed by atoms with Crippen LogP contribution >= 0.6 is 0 Å². The van der Waals surface area contributed by atoms with E-state index in [4.69, 9.17) is 4.74 Å². The molecule has 1 amide bonds. The predicted octanol–water partition coefficient (Wildman–Crippen LogP) is 2.03. The highest BCUT2D eigenvalue weighted by atomic mass is 16.5. The van der Waals surface area contributed by atoms with Gasteiger partial charge in [-0.1, -0.05) is 6.07 Å². The number of ether oxygens (including phenoxy) is 1. The van der Waals surface area contributed by atoms with Gasteiger partial charge in [-0.05, 0) is 26.8 Å². The first-order chi connectivity index (χ1) is 10.4. The lowest BCUT2D eigenvalue weighted by atomic mass is 10.1. The number of imidazole rings is 1. The zero-order valence-electron chi connectivity index (χ0n) is 13.0. The van der Waals surface area contributed by atoms with E-state index in [0.29, 0.717) is 18.9 Å². The number of carbonyl (C=O) groups excluding carboxylic acids is 1. The highest BCUT2D eigenvalue weighted by Gasteiger charge is 2.25. The Kier molecular flexibility index (Phi) is 3.70. The highest BCUT2D eigenvalue weighted by Crippen LogP contribution is 2.22. The topological polar surface area (TPSA) is 69.0 Å². The smallest absolute Gasteiger partial charge is 0.272 e. The molecule has 1 atom stereocenters. The van der Waals surface area contributed by atoms with Gasteiger partial charge in [-0.3, -0.25) is 9.78 Å². The molecule has 3 rings (SSSR count). The summed E-state index contributed by atoms with van der Waals surface area (Å²) in [5.41, 5.74) is 2.18. The zero-order valence-corrected chi connectivity index (χ0v) is 13.0. The molecule has 2 aromatic rings. The van der Waals surface area contributed by atoms with Crippen molar-refractivity contribution in [2.45, 2.75) is 39.0 Å². The van der Waals surface area contributed by atoms with Gasteiger partial charge in [0.2, 0.25) is 0 Å². The van der Waals surface area contributed by atoms with E-state index in [-0.39, 0.29) is 17.5 Å². The zero-order chi connectivity index (χ0) is 15.7. The maximum atomic E-state index is 12.4. The maximum absolute atomic E-state index is 12.4. The SMILES string of the molecule is CC(C)(C)n1cnc(C(=O)NC2COCc3cccnc32)c1. The number of carbonyl (C=O) groups is 1. The summed E-state index contributed by atoms with van der Waals surface area (Å²) < 4.78 is 7.45. The molecule has 0 spiro atoms. The molecule has 0 radical (unpaired) electrons. The molecule has 2 aromatic heterocycles. The lowest BCUT2D eigenvalue weighted by molar-refractivity contribution is 0.0691.